The number of pyridine rings is 1. The van der Waals surface area contributed by atoms with Gasteiger partial charge in [0.05, 0.1) is 19.3 Å². The molecule has 1 aliphatic rings. The molecule has 4 nitrogen and oxygen atoms in total. The third-order valence-corrected chi connectivity index (χ3v) is 2.50. The van der Waals surface area contributed by atoms with E-state index in [9.17, 15) is 0 Å². The molecular formula is C11H13N3O. The maximum Gasteiger partial charge on any atom is 0.122 e. The van der Waals surface area contributed by atoms with E-state index < -0.39 is 0 Å². The third kappa shape index (κ3) is 2.52. The molecule has 1 aromatic rings. The number of aromatic nitrogens is 1. The van der Waals surface area contributed by atoms with Crippen LogP contribution in [0.25, 0.3) is 0 Å². The zero-order valence-corrected chi connectivity index (χ0v) is 8.47. The quantitative estimate of drug-likeness (QED) is 0.713. The number of hydrogen-bond acceptors (Lipinski definition) is 4. The fourth-order valence-electron chi connectivity index (χ4n) is 1.67. The van der Waals surface area contributed by atoms with Crippen molar-refractivity contribution < 1.29 is 4.74 Å². The summed E-state index contributed by atoms with van der Waals surface area (Å²) in [6.45, 7) is 2.80. The molecule has 1 fully saturated rings. The summed E-state index contributed by atoms with van der Waals surface area (Å²) in [6.07, 6.45) is 3.59. The van der Waals surface area contributed by atoms with Crippen LogP contribution in [0, 0.1) is 11.3 Å². The lowest BCUT2D eigenvalue weighted by Crippen LogP contribution is -2.43. The maximum atomic E-state index is 8.95. The molecule has 0 aliphatic carbocycles. The van der Waals surface area contributed by atoms with Crippen molar-refractivity contribution in [2.24, 2.45) is 0 Å². The molecule has 2 heterocycles. The van der Waals surface area contributed by atoms with Crippen LogP contribution >= 0.6 is 0 Å². The SMILES string of the molecule is N#CC1COCCN1Cc1cccnc1. The van der Waals surface area contributed by atoms with Gasteiger partial charge < -0.3 is 4.74 Å². The third-order valence-electron chi connectivity index (χ3n) is 2.50. The van der Waals surface area contributed by atoms with Gasteiger partial charge in [-0.1, -0.05) is 6.07 Å². The Morgan fingerprint density at radius 1 is 1.67 bits per heavy atom. The second kappa shape index (κ2) is 4.87. The lowest BCUT2D eigenvalue weighted by atomic mass is 10.2. The Kier molecular flexibility index (Phi) is 3.28. The Labute approximate surface area is 89.1 Å². The van der Waals surface area contributed by atoms with Gasteiger partial charge in [-0.25, -0.2) is 0 Å². The number of ether oxygens (including phenoxy) is 1. The van der Waals surface area contributed by atoms with E-state index in [1.807, 2.05) is 18.3 Å². The van der Waals surface area contributed by atoms with Crippen molar-refractivity contribution in [1.82, 2.24) is 9.88 Å². The topological polar surface area (TPSA) is 49.1 Å². The van der Waals surface area contributed by atoms with E-state index in [0.29, 0.717) is 13.2 Å². The summed E-state index contributed by atoms with van der Waals surface area (Å²) in [4.78, 5) is 6.19. The predicted octanol–water partition coefficient (Wildman–Crippen LogP) is 0.806. The first-order valence-corrected chi connectivity index (χ1v) is 5.00. The lowest BCUT2D eigenvalue weighted by molar-refractivity contribution is 0.00885. The molecule has 0 spiro atoms. The van der Waals surface area contributed by atoms with Gasteiger partial charge in [-0.3, -0.25) is 9.88 Å². The Balaban J connectivity index is 2.01. The predicted molar refractivity (Wildman–Crippen MR) is 54.9 cm³/mol. The van der Waals surface area contributed by atoms with Gasteiger partial charge in [0, 0.05) is 25.5 Å². The van der Waals surface area contributed by atoms with Gasteiger partial charge in [0.25, 0.3) is 0 Å². The number of nitriles is 1. The second-order valence-electron chi connectivity index (χ2n) is 3.55. The van der Waals surface area contributed by atoms with Crippen molar-refractivity contribution in [3.05, 3.63) is 30.1 Å². The molecule has 0 aromatic carbocycles. The molecule has 78 valence electrons. The molecule has 1 aliphatic heterocycles. The van der Waals surface area contributed by atoms with Gasteiger partial charge in [0.2, 0.25) is 0 Å². The number of morpholine rings is 1. The molecule has 0 radical (unpaired) electrons. The van der Waals surface area contributed by atoms with Gasteiger partial charge in [-0.15, -0.1) is 0 Å². The largest absolute Gasteiger partial charge is 0.377 e. The fourth-order valence-corrected chi connectivity index (χ4v) is 1.67. The average molecular weight is 203 g/mol. The molecule has 0 saturated carbocycles. The molecule has 1 atom stereocenters. The van der Waals surface area contributed by atoms with Crippen molar-refractivity contribution in [2.75, 3.05) is 19.8 Å². The molecule has 0 amide bonds. The van der Waals surface area contributed by atoms with Gasteiger partial charge >= 0.3 is 0 Å². The molecule has 1 aromatic heterocycles. The van der Waals surface area contributed by atoms with Crippen LogP contribution < -0.4 is 0 Å². The van der Waals surface area contributed by atoms with Crippen LogP contribution in [-0.2, 0) is 11.3 Å². The van der Waals surface area contributed by atoms with Gasteiger partial charge in [-0.05, 0) is 11.6 Å². The minimum absolute atomic E-state index is 0.126. The highest BCUT2D eigenvalue weighted by molar-refractivity contribution is 5.09. The molecule has 0 bridgehead atoms. The number of rotatable bonds is 2. The second-order valence-corrected chi connectivity index (χ2v) is 3.55. The summed E-state index contributed by atoms with van der Waals surface area (Å²) in [7, 11) is 0. The Morgan fingerprint density at radius 2 is 2.60 bits per heavy atom. The van der Waals surface area contributed by atoms with Crippen LogP contribution in [0.3, 0.4) is 0 Å². The normalized spacial score (nSPS) is 22.2. The molecule has 15 heavy (non-hydrogen) atoms. The summed E-state index contributed by atoms with van der Waals surface area (Å²) in [5, 5.41) is 8.95. The first-order valence-electron chi connectivity index (χ1n) is 5.00. The molecule has 0 N–H and O–H groups in total. The van der Waals surface area contributed by atoms with Gasteiger partial charge in [0.1, 0.15) is 6.04 Å². The smallest absolute Gasteiger partial charge is 0.122 e. The average Bonchev–Trinajstić information content (AvgIpc) is 2.31. The highest BCUT2D eigenvalue weighted by atomic mass is 16.5. The Hall–Kier alpha value is -1.44. The molecule has 4 heteroatoms. The zero-order valence-electron chi connectivity index (χ0n) is 8.47. The highest BCUT2D eigenvalue weighted by Crippen LogP contribution is 2.10. The first kappa shape index (κ1) is 10.1. The summed E-state index contributed by atoms with van der Waals surface area (Å²) < 4.78 is 5.26. The van der Waals surface area contributed by atoms with E-state index in [-0.39, 0.29) is 6.04 Å². The molecule has 1 saturated heterocycles. The monoisotopic (exact) mass is 203 g/mol. The van der Waals surface area contributed by atoms with E-state index in [1.165, 1.54) is 0 Å². The molecule has 2 rings (SSSR count). The van der Waals surface area contributed by atoms with Crippen molar-refractivity contribution in [3.63, 3.8) is 0 Å². The van der Waals surface area contributed by atoms with Gasteiger partial charge in [0.15, 0.2) is 0 Å². The van der Waals surface area contributed by atoms with E-state index in [4.69, 9.17) is 10.00 Å². The van der Waals surface area contributed by atoms with Gasteiger partial charge in [-0.2, -0.15) is 5.26 Å². The minimum Gasteiger partial charge on any atom is -0.377 e. The Morgan fingerprint density at radius 3 is 3.33 bits per heavy atom. The standard InChI is InChI=1S/C11H13N3O/c12-6-11-9-15-5-4-14(11)8-10-2-1-3-13-7-10/h1-3,7,11H,4-5,8-9H2. The van der Waals surface area contributed by atoms with Crippen molar-refractivity contribution in [3.8, 4) is 6.07 Å². The zero-order chi connectivity index (χ0) is 10.5. The summed E-state index contributed by atoms with van der Waals surface area (Å²) >= 11 is 0. The summed E-state index contributed by atoms with van der Waals surface area (Å²) in [6, 6.07) is 6.07. The van der Waals surface area contributed by atoms with Crippen LogP contribution in [0.5, 0.6) is 0 Å². The van der Waals surface area contributed by atoms with E-state index in [1.54, 1.807) is 6.20 Å². The maximum absolute atomic E-state index is 8.95. The van der Waals surface area contributed by atoms with Crippen LogP contribution in [0.1, 0.15) is 5.56 Å². The minimum atomic E-state index is -0.126. The fraction of sp³-hybridized carbons (Fsp3) is 0.455. The van der Waals surface area contributed by atoms with E-state index in [2.05, 4.69) is 16.0 Å². The molecular weight excluding hydrogens is 190 g/mol. The summed E-state index contributed by atoms with van der Waals surface area (Å²) in [5.74, 6) is 0. The number of nitrogens with zero attached hydrogens (tertiary/aromatic N) is 3. The Bertz CT molecular complexity index is 347. The first-order chi connectivity index (χ1) is 7.40. The van der Waals surface area contributed by atoms with Crippen LogP contribution in [0.2, 0.25) is 0 Å². The van der Waals surface area contributed by atoms with E-state index in [0.717, 1.165) is 18.7 Å². The number of hydrogen-bond donors (Lipinski definition) is 0. The van der Waals surface area contributed by atoms with Crippen molar-refractivity contribution in [1.29, 1.82) is 5.26 Å². The van der Waals surface area contributed by atoms with Crippen LogP contribution in [-0.4, -0.2) is 35.7 Å². The van der Waals surface area contributed by atoms with E-state index >= 15 is 0 Å². The van der Waals surface area contributed by atoms with Crippen LogP contribution in [0.15, 0.2) is 24.5 Å². The van der Waals surface area contributed by atoms with Crippen molar-refractivity contribution >= 4 is 0 Å². The lowest BCUT2D eigenvalue weighted by Gasteiger charge is -2.31. The molecule has 1 unspecified atom stereocenters. The van der Waals surface area contributed by atoms with Crippen molar-refractivity contribution in [2.45, 2.75) is 12.6 Å². The summed E-state index contributed by atoms with van der Waals surface area (Å²) in [5.41, 5.74) is 1.14. The highest BCUT2D eigenvalue weighted by Gasteiger charge is 2.22. The van der Waals surface area contributed by atoms with Crippen LogP contribution in [0.4, 0.5) is 0 Å².